The minimum atomic E-state index is -0.0558. The average Bonchev–Trinajstić information content (AvgIpc) is 2.39. The summed E-state index contributed by atoms with van der Waals surface area (Å²) in [5.74, 6) is -0.0558. The molecule has 0 saturated heterocycles. The van der Waals surface area contributed by atoms with Crippen molar-refractivity contribution in [1.29, 1.82) is 0 Å². The topological polar surface area (TPSA) is 29.5 Å². The Balaban J connectivity index is 2.48. The van der Waals surface area contributed by atoms with Crippen LogP contribution < -0.4 is 5.06 Å². The van der Waals surface area contributed by atoms with Crippen LogP contribution >= 0.6 is 11.6 Å². The van der Waals surface area contributed by atoms with Crippen LogP contribution in [0, 0.1) is 0 Å². The number of nitrogens with zero attached hydrogens (tertiary/aromatic N) is 1. The van der Waals surface area contributed by atoms with Gasteiger partial charge in [0.05, 0.1) is 19.2 Å². The number of rotatable bonds is 1. The number of hydroxylamine groups is 1. The number of fused-ring (bicyclic) bond motifs is 1. The third-order valence-corrected chi connectivity index (χ3v) is 2.25. The van der Waals surface area contributed by atoms with Gasteiger partial charge in [-0.3, -0.25) is 9.63 Å². The van der Waals surface area contributed by atoms with Crippen LogP contribution in [0.4, 0.5) is 5.69 Å². The van der Waals surface area contributed by atoms with Crippen LogP contribution in [0.3, 0.4) is 0 Å². The molecule has 0 aromatic heterocycles. The molecule has 0 unspecified atom stereocenters. The fraction of sp³-hybridized carbons (Fsp3) is 0.222. The standard InChI is InChI=1S/C9H8ClNO2/c1-13-11-8-3-2-7(10)4-6(8)5-9(11)12/h2-4H,5H2,1H3. The van der Waals surface area contributed by atoms with Crippen molar-refractivity contribution in [2.75, 3.05) is 12.2 Å². The van der Waals surface area contributed by atoms with Crippen molar-refractivity contribution < 1.29 is 9.63 Å². The number of hydrogen-bond acceptors (Lipinski definition) is 2. The summed E-state index contributed by atoms with van der Waals surface area (Å²) in [4.78, 5) is 16.3. The Morgan fingerprint density at radius 2 is 2.31 bits per heavy atom. The maximum absolute atomic E-state index is 11.3. The first-order chi connectivity index (χ1) is 6.22. The van der Waals surface area contributed by atoms with Gasteiger partial charge in [-0.1, -0.05) is 11.6 Å². The molecule has 0 spiro atoms. The number of hydrogen-bond donors (Lipinski definition) is 0. The zero-order valence-corrected chi connectivity index (χ0v) is 7.84. The molecule has 0 bridgehead atoms. The number of anilines is 1. The van der Waals surface area contributed by atoms with Gasteiger partial charge in [0.25, 0.3) is 5.91 Å². The van der Waals surface area contributed by atoms with E-state index in [-0.39, 0.29) is 5.91 Å². The lowest BCUT2D eigenvalue weighted by molar-refractivity contribution is -0.123. The molecule has 0 atom stereocenters. The molecule has 0 radical (unpaired) electrons. The van der Waals surface area contributed by atoms with Gasteiger partial charge in [-0.25, -0.2) is 0 Å². The lowest BCUT2D eigenvalue weighted by Crippen LogP contribution is -2.24. The van der Waals surface area contributed by atoms with Crippen molar-refractivity contribution in [3.63, 3.8) is 0 Å². The van der Waals surface area contributed by atoms with Crippen LogP contribution in [0.25, 0.3) is 0 Å². The number of carbonyl (C=O) groups is 1. The minimum Gasteiger partial charge on any atom is -0.272 e. The highest BCUT2D eigenvalue weighted by Crippen LogP contribution is 2.30. The van der Waals surface area contributed by atoms with E-state index in [1.807, 2.05) is 0 Å². The molecule has 0 fully saturated rings. The third-order valence-electron chi connectivity index (χ3n) is 2.01. The number of benzene rings is 1. The minimum absolute atomic E-state index is 0.0558. The van der Waals surface area contributed by atoms with Crippen LogP contribution in [-0.2, 0) is 16.1 Å². The highest BCUT2D eigenvalue weighted by molar-refractivity contribution is 6.30. The Kier molecular flexibility index (Phi) is 1.98. The Hall–Kier alpha value is -1.06. The molecule has 1 aromatic carbocycles. The van der Waals surface area contributed by atoms with Crippen molar-refractivity contribution in [2.24, 2.45) is 0 Å². The number of amides is 1. The Labute approximate surface area is 80.8 Å². The van der Waals surface area contributed by atoms with Crippen molar-refractivity contribution in [3.05, 3.63) is 28.8 Å². The SMILES string of the molecule is CON1C(=O)Cc2cc(Cl)ccc21. The highest BCUT2D eigenvalue weighted by Gasteiger charge is 2.27. The second-order valence-electron chi connectivity index (χ2n) is 2.82. The molecule has 1 aromatic rings. The molecule has 3 nitrogen and oxygen atoms in total. The molecule has 1 aliphatic heterocycles. The zero-order valence-electron chi connectivity index (χ0n) is 7.08. The van der Waals surface area contributed by atoms with Crippen LogP contribution in [-0.4, -0.2) is 13.0 Å². The highest BCUT2D eigenvalue weighted by atomic mass is 35.5. The predicted octanol–water partition coefficient (Wildman–Crippen LogP) is 1.79. The van der Waals surface area contributed by atoms with Crippen LogP contribution in [0.1, 0.15) is 5.56 Å². The normalized spacial score (nSPS) is 14.9. The van der Waals surface area contributed by atoms with Gasteiger partial charge in [-0.05, 0) is 23.8 Å². The van der Waals surface area contributed by atoms with Crippen molar-refractivity contribution in [3.8, 4) is 0 Å². The monoisotopic (exact) mass is 197 g/mol. The Morgan fingerprint density at radius 3 is 3.00 bits per heavy atom. The molecular weight excluding hydrogens is 190 g/mol. The molecule has 0 aliphatic carbocycles. The fourth-order valence-electron chi connectivity index (χ4n) is 1.46. The van der Waals surface area contributed by atoms with E-state index in [4.69, 9.17) is 16.4 Å². The van der Waals surface area contributed by atoms with Gasteiger partial charge in [0.15, 0.2) is 0 Å². The average molecular weight is 198 g/mol. The van der Waals surface area contributed by atoms with Crippen molar-refractivity contribution in [1.82, 2.24) is 0 Å². The van der Waals surface area contributed by atoms with E-state index in [1.165, 1.54) is 12.2 Å². The first kappa shape index (κ1) is 8.53. The van der Waals surface area contributed by atoms with Gasteiger partial charge < -0.3 is 0 Å². The summed E-state index contributed by atoms with van der Waals surface area (Å²) in [6.45, 7) is 0. The molecule has 2 rings (SSSR count). The molecule has 13 heavy (non-hydrogen) atoms. The molecule has 0 saturated carbocycles. The van der Waals surface area contributed by atoms with Crippen LogP contribution in [0.5, 0.6) is 0 Å². The van der Waals surface area contributed by atoms with Crippen LogP contribution in [0.2, 0.25) is 5.02 Å². The largest absolute Gasteiger partial charge is 0.272 e. The molecule has 68 valence electrons. The van der Waals surface area contributed by atoms with E-state index >= 15 is 0 Å². The lowest BCUT2D eigenvalue weighted by atomic mass is 10.2. The van der Waals surface area contributed by atoms with Gasteiger partial charge in [0.2, 0.25) is 0 Å². The van der Waals surface area contributed by atoms with Gasteiger partial charge in [-0.2, -0.15) is 5.06 Å². The molecule has 0 N–H and O–H groups in total. The maximum Gasteiger partial charge on any atom is 0.255 e. The van der Waals surface area contributed by atoms with Crippen molar-refractivity contribution >= 4 is 23.2 Å². The van der Waals surface area contributed by atoms with E-state index in [0.29, 0.717) is 11.4 Å². The first-order valence-electron chi connectivity index (χ1n) is 3.88. The van der Waals surface area contributed by atoms with E-state index in [2.05, 4.69) is 0 Å². The summed E-state index contributed by atoms with van der Waals surface area (Å²) in [6.07, 6.45) is 0.365. The Bertz CT molecular complexity index is 365. The maximum atomic E-state index is 11.3. The summed E-state index contributed by atoms with van der Waals surface area (Å²) < 4.78 is 0. The molecule has 1 amide bonds. The predicted molar refractivity (Wildman–Crippen MR) is 49.7 cm³/mol. The van der Waals surface area contributed by atoms with Crippen LogP contribution in [0.15, 0.2) is 18.2 Å². The zero-order chi connectivity index (χ0) is 9.42. The lowest BCUT2D eigenvalue weighted by Gasteiger charge is -2.12. The summed E-state index contributed by atoms with van der Waals surface area (Å²) in [5, 5.41) is 1.93. The molecule has 1 heterocycles. The second-order valence-corrected chi connectivity index (χ2v) is 3.26. The molecule has 1 aliphatic rings. The molecule has 4 heteroatoms. The van der Waals surface area contributed by atoms with Gasteiger partial charge in [-0.15, -0.1) is 0 Å². The fourth-order valence-corrected chi connectivity index (χ4v) is 1.66. The first-order valence-corrected chi connectivity index (χ1v) is 4.25. The number of carbonyl (C=O) groups excluding carboxylic acids is 1. The van der Waals surface area contributed by atoms with Gasteiger partial charge >= 0.3 is 0 Å². The van der Waals surface area contributed by atoms with E-state index in [0.717, 1.165) is 11.3 Å². The summed E-state index contributed by atoms with van der Waals surface area (Å²) in [6, 6.07) is 5.31. The quantitative estimate of drug-likeness (QED) is 0.687. The number of halogens is 1. The van der Waals surface area contributed by atoms with Gasteiger partial charge in [0.1, 0.15) is 0 Å². The summed E-state index contributed by atoms with van der Waals surface area (Å²) >= 11 is 5.79. The summed E-state index contributed by atoms with van der Waals surface area (Å²) in [5.41, 5.74) is 1.70. The second kappa shape index (κ2) is 3.01. The smallest absolute Gasteiger partial charge is 0.255 e. The summed E-state index contributed by atoms with van der Waals surface area (Å²) in [7, 11) is 1.47. The van der Waals surface area contributed by atoms with E-state index < -0.39 is 0 Å². The Morgan fingerprint density at radius 1 is 1.54 bits per heavy atom. The van der Waals surface area contributed by atoms with Crippen molar-refractivity contribution in [2.45, 2.75) is 6.42 Å². The van der Waals surface area contributed by atoms with E-state index in [1.54, 1.807) is 18.2 Å². The molecular formula is C9H8ClNO2. The van der Waals surface area contributed by atoms with E-state index in [9.17, 15) is 4.79 Å². The third kappa shape index (κ3) is 1.30. The van der Waals surface area contributed by atoms with Gasteiger partial charge in [0, 0.05) is 5.02 Å².